The Kier molecular flexibility index (Phi) is 4.62. The maximum atomic E-state index is 12.3. The average Bonchev–Trinajstić information content (AvgIpc) is 2.86. The van der Waals surface area contributed by atoms with Gasteiger partial charge >= 0.3 is 0 Å². The second-order valence-electron chi connectivity index (χ2n) is 5.94. The number of hydrogen-bond donors (Lipinski definition) is 1. The Morgan fingerprint density at radius 1 is 1.44 bits per heavy atom. The molecule has 0 radical (unpaired) electrons. The molecule has 2 fully saturated rings. The lowest BCUT2D eigenvalue weighted by Gasteiger charge is -2.24. The van der Waals surface area contributed by atoms with Crippen molar-refractivity contribution in [3.63, 3.8) is 0 Å². The summed E-state index contributed by atoms with van der Waals surface area (Å²) in [5, 5.41) is 3.44. The Hall–Kier alpha value is -0.610. The van der Waals surface area contributed by atoms with Crippen molar-refractivity contribution in [2.24, 2.45) is 5.92 Å². The van der Waals surface area contributed by atoms with Gasteiger partial charge in [0.25, 0.3) is 0 Å². The van der Waals surface area contributed by atoms with Gasteiger partial charge in [0.05, 0.1) is 12.2 Å². The van der Waals surface area contributed by atoms with E-state index in [0.717, 1.165) is 32.4 Å². The number of carbonyl (C=O) groups excluding carboxylic acids is 1. The van der Waals surface area contributed by atoms with Gasteiger partial charge < -0.3 is 9.80 Å². The fourth-order valence-corrected chi connectivity index (χ4v) is 3.16. The first kappa shape index (κ1) is 13.8. The van der Waals surface area contributed by atoms with Crippen LogP contribution in [0.15, 0.2) is 0 Å². The molecule has 2 rings (SSSR count). The monoisotopic (exact) mass is 253 g/mol. The van der Waals surface area contributed by atoms with Crippen LogP contribution in [0.25, 0.3) is 0 Å². The van der Waals surface area contributed by atoms with E-state index in [-0.39, 0.29) is 12.2 Å². The van der Waals surface area contributed by atoms with E-state index in [1.165, 1.54) is 13.0 Å². The Morgan fingerprint density at radius 3 is 2.83 bits per heavy atom. The molecular weight excluding hydrogens is 226 g/mol. The highest BCUT2D eigenvalue weighted by Gasteiger charge is 2.37. The first-order valence-corrected chi connectivity index (χ1v) is 7.37. The fraction of sp³-hybridized carbons (Fsp3) is 0.929. The molecule has 2 saturated heterocycles. The van der Waals surface area contributed by atoms with Gasteiger partial charge in [-0.1, -0.05) is 19.8 Å². The molecule has 0 saturated carbocycles. The molecule has 0 aliphatic carbocycles. The lowest BCUT2D eigenvalue weighted by molar-refractivity contribution is -0.130. The van der Waals surface area contributed by atoms with Crippen LogP contribution in [0.3, 0.4) is 0 Å². The SMILES string of the molecule is CCCCC1NC(C)N(CC2CCN(C)C2)C1=O. The van der Waals surface area contributed by atoms with E-state index < -0.39 is 0 Å². The van der Waals surface area contributed by atoms with Gasteiger partial charge in [0, 0.05) is 13.1 Å². The van der Waals surface area contributed by atoms with Crippen LogP contribution in [0, 0.1) is 5.92 Å². The van der Waals surface area contributed by atoms with Crippen molar-refractivity contribution < 1.29 is 4.79 Å². The van der Waals surface area contributed by atoms with Crippen molar-refractivity contribution >= 4 is 5.91 Å². The Labute approximate surface area is 111 Å². The van der Waals surface area contributed by atoms with Crippen LogP contribution in [0.5, 0.6) is 0 Å². The maximum absolute atomic E-state index is 12.3. The summed E-state index contributed by atoms with van der Waals surface area (Å²) < 4.78 is 0. The Morgan fingerprint density at radius 2 is 2.22 bits per heavy atom. The van der Waals surface area contributed by atoms with Crippen LogP contribution in [0.4, 0.5) is 0 Å². The molecule has 18 heavy (non-hydrogen) atoms. The number of hydrogen-bond acceptors (Lipinski definition) is 3. The fourth-order valence-electron chi connectivity index (χ4n) is 3.16. The minimum Gasteiger partial charge on any atom is -0.326 e. The number of nitrogens with one attached hydrogen (secondary N) is 1. The number of carbonyl (C=O) groups is 1. The highest BCUT2D eigenvalue weighted by atomic mass is 16.2. The molecule has 0 aromatic heterocycles. The molecule has 104 valence electrons. The van der Waals surface area contributed by atoms with Crippen LogP contribution >= 0.6 is 0 Å². The molecule has 0 spiro atoms. The molecule has 1 amide bonds. The van der Waals surface area contributed by atoms with E-state index in [2.05, 4.69) is 36.0 Å². The molecule has 1 N–H and O–H groups in total. The third kappa shape index (κ3) is 3.04. The zero-order chi connectivity index (χ0) is 13.1. The van der Waals surface area contributed by atoms with E-state index in [1.54, 1.807) is 0 Å². The number of unbranched alkanes of at least 4 members (excludes halogenated alkanes) is 1. The number of likely N-dealkylation sites (tertiary alicyclic amines) is 1. The third-order valence-corrected chi connectivity index (χ3v) is 4.28. The van der Waals surface area contributed by atoms with Crippen molar-refractivity contribution in [2.45, 2.75) is 51.7 Å². The van der Waals surface area contributed by atoms with E-state index in [4.69, 9.17) is 0 Å². The van der Waals surface area contributed by atoms with Crippen LogP contribution < -0.4 is 5.32 Å². The molecule has 4 nitrogen and oxygen atoms in total. The summed E-state index contributed by atoms with van der Waals surface area (Å²) in [6, 6.07) is 0.0686. The maximum Gasteiger partial charge on any atom is 0.241 e. The molecule has 3 unspecified atom stereocenters. The van der Waals surface area contributed by atoms with Crippen molar-refractivity contribution in [3.8, 4) is 0 Å². The van der Waals surface area contributed by atoms with Crippen molar-refractivity contribution in [2.75, 3.05) is 26.7 Å². The summed E-state index contributed by atoms with van der Waals surface area (Å²) in [7, 11) is 2.16. The van der Waals surface area contributed by atoms with Crippen LogP contribution in [-0.4, -0.2) is 54.6 Å². The molecule has 2 aliphatic rings. The molecule has 0 aromatic rings. The topological polar surface area (TPSA) is 35.6 Å². The zero-order valence-corrected chi connectivity index (χ0v) is 12.0. The lowest BCUT2D eigenvalue weighted by atomic mass is 10.1. The second kappa shape index (κ2) is 6.02. The minimum absolute atomic E-state index is 0.0686. The van der Waals surface area contributed by atoms with Crippen LogP contribution in [0.1, 0.15) is 39.5 Å². The second-order valence-corrected chi connectivity index (χ2v) is 5.94. The molecule has 0 bridgehead atoms. The average molecular weight is 253 g/mol. The zero-order valence-electron chi connectivity index (χ0n) is 12.0. The van der Waals surface area contributed by atoms with Gasteiger partial charge in [0.2, 0.25) is 5.91 Å². The molecule has 2 aliphatic heterocycles. The van der Waals surface area contributed by atoms with Gasteiger partial charge in [-0.25, -0.2) is 0 Å². The lowest BCUT2D eigenvalue weighted by Crippen LogP contribution is -2.39. The standard InChI is InChI=1S/C14H27N3O/c1-4-5-6-13-14(18)17(11(2)15-13)10-12-7-8-16(3)9-12/h11-13,15H,4-10H2,1-3H3. The van der Waals surface area contributed by atoms with Gasteiger partial charge in [-0.15, -0.1) is 0 Å². The molecule has 0 aromatic carbocycles. The van der Waals surface area contributed by atoms with Gasteiger partial charge in [-0.2, -0.15) is 0 Å². The summed E-state index contributed by atoms with van der Waals surface area (Å²) >= 11 is 0. The van der Waals surface area contributed by atoms with Gasteiger partial charge in [-0.05, 0) is 39.3 Å². The van der Waals surface area contributed by atoms with E-state index >= 15 is 0 Å². The number of amides is 1. The summed E-state index contributed by atoms with van der Waals surface area (Å²) in [6.45, 7) is 7.53. The van der Waals surface area contributed by atoms with Crippen molar-refractivity contribution in [1.29, 1.82) is 0 Å². The van der Waals surface area contributed by atoms with Crippen LogP contribution in [0.2, 0.25) is 0 Å². The van der Waals surface area contributed by atoms with E-state index in [9.17, 15) is 4.79 Å². The smallest absolute Gasteiger partial charge is 0.241 e. The van der Waals surface area contributed by atoms with Gasteiger partial charge in [0.1, 0.15) is 0 Å². The normalized spacial score (nSPS) is 33.6. The van der Waals surface area contributed by atoms with E-state index in [1.807, 2.05) is 0 Å². The van der Waals surface area contributed by atoms with Gasteiger partial charge in [0.15, 0.2) is 0 Å². The Bertz CT molecular complexity index is 295. The number of rotatable bonds is 5. The summed E-state index contributed by atoms with van der Waals surface area (Å²) in [4.78, 5) is 16.8. The quantitative estimate of drug-likeness (QED) is 0.801. The van der Waals surface area contributed by atoms with Gasteiger partial charge in [-0.3, -0.25) is 10.1 Å². The summed E-state index contributed by atoms with van der Waals surface area (Å²) in [5.74, 6) is 0.985. The highest BCUT2D eigenvalue weighted by molar-refractivity contribution is 5.84. The molecule has 2 heterocycles. The molecular formula is C14H27N3O. The minimum atomic E-state index is 0.0686. The van der Waals surface area contributed by atoms with Crippen molar-refractivity contribution in [3.05, 3.63) is 0 Å². The first-order chi connectivity index (χ1) is 8.61. The molecule has 4 heteroatoms. The predicted octanol–water partition coefficient (Wildman–Crippen LogP) is 1.27. The third-order valence-electron chi connectivity index (χ3n) is 4.28. The predicted molar refractivity (Wildman–Crippen MR) is 73.2 cm³/mol. The Balaban J connectivity index is 1.86. The first-order valence-electron chi connectivity index (χ1n) is 7.37. The summed E-state index contributed by atoms with van der Waals surface area (Å²) in [6.07, 6.45) is 4.72. The largest absolute Gasteiger partial charge is 0.326 e. The summed E-state index contributed by atoms with van der Waals surface area (Å²) in [5.41, 5.74) is 0. The highest BCUT2D eigenvalue weighted by Crippen LogP contribution is 2.21. The molecule has 3 atom stereocenters. The van der Waals surface area contributed by atoms with Crippen molar-refractivity contribution in [1.82, 2.24) is 15.1 Å². The van der Waals surface area contributed by atoms with E-state index in [0.29, 0.717) is 11.8 Å². The van der Waals surface area contributed by atoms with Crippen LogP contribution in [-0.2, 0) is 4.79 Å². The number of nitrogens with zero attached hydrogens (tertiary/aromatic N) is 2.